The van der Waals surface area contributed by atoms with Crippen LogP contribution in [0.4, 0.5) is 0 Å². The first-order chi connectivity index (χ1) is 13.5. The van der Waals surface area contributed by atoms with Crippen LogP contribution in [-0.4, -0.2) is 39.5 Å². The zero-order chi connectivity index (χ0) is 19.6. The normalized spacial score (nSPS) is 12.2. The number of aromatic nitrogens is 3. The fraction of sp³-hybridized carbons (Fsp3) is 0.190. The minimum atomic E-state index is -0.378. The molecular formula is C21H18N4O3. The van der Waals surface area contributed by atoms with Gasteiger partial charge in [0.1, 0.15) is 0 Å². The van der Waals surface area contributed by atoms with Gasteiger partial charge in [-0.25, -0.2) is 4.79 Å². The number of benzene rings is 2. The molecule has 1 N–H and O–H groups in total. The Morgan fingerprint density at radius 3 is 2.54 bits per heavy atom. The highest BCUT2D eigenvalue weighted by Crippen LogP contribution is 2.33. The maximum atomic E-state index is 13.3. The van der Waals surface area contributed by atoms with Crippen LogP contribution in [0.2, 0.25) is 0 Å². The number of hydrogen-bond donors (Lipinski definition) is 1. The monoisotopic (exact) mass is 374 g/mol. The van der Waals surface area contributed by atoms with Crippen LogP contribution in [0.15, 0.2) is 57.0 Å². The summed E-state index contributed by atoms with van der Waals surface area (Å²) in [6.07, 6.45) is 1.61. The molecule has 0 radical (unpaired) electrons. The molecule has 7 heteroatoms. The molecule has 0 spiro atoms. The first-order valence-corrected chi connectivity index (χ1v) is 9.07. The van der Waals surface area contributed by atoms with E-state index >= 15 is 0 Å². The van der Waals surface area contributed by atoms with Crippen molar-refractivity contribution in [3.63, 3.8) is 0 Å². The second-order valence-electron chi connectivity index (χ2n) is 7.31. The molecule has 7 nitrogen and oxygen atoms in total. The molecule has 5 rings (SSSR count). The minimum absolute atomic E-state index is 0.213. The van der Waals surface area contributed by atoms with E-state index in [1.165, 1.54) is 4.57 Å². The highest BCUT2D eigenvalue weighted by molar-refractivity contribution is 6.23. The Hall–Kier alpha value is -3.45. The zero-order valence-electron chi connectivity index (χ0n) is 15.5. The van der Waals surface area contributed by atoms with Gasteiger partial charge in [-0.05, 0) is 37.7 Å². The van der Waals surface area contributed by atoms with Crippen LogP contribution < -0.4 is 16.8 Å². The lowest BCUT2D eigenvalue weighted by Crippen LogP contribution is -2.39. The molecule has 5 aromatic rings. The van der Waals surface area contributed by atoms with Crippen LogP contribution in [0.3, 0.4) is 0 Å². The molecule has 0 bridgehead atoms. The van der Waals surface area contributed by atoms with Gasteiger partial charge in [-0.3, -0.25) is 18.6 Å². The average molecular weight is 374 g/mol. The molecule has 0 saturated carbocycles. The summed E-state index contributed by atoms with van der Waals surface area (Å²) in [7, 11) is 3.79. The lowest BCUT2D eigenvalue weighted by atomic mass is 10.0. The molecule has 28 heavy (non-hydrogen) atoms. The molecule has 0 saturated heterocycles. The van der Waals surface area contributed by atoms with Crippen LogP contribution in [-0.2, 0) is 6.54 Å². The van der Waals surface area contributed by atoms with Crippen molar-refractivity contribution in [1.29, 1.82) is 0 Å². The van der Waals surface area contributed by atoms with E-state index in [1.807, 2.05) is 43.3 Å². The largest absolute Gasteiger partial charge is 0.336 e. The molecule has 2 aromatic carbocycles. The molecule has 3 aromatic heterocycles. The number of hydrogen-bond acceptors (Lipinski definition) is 4. The smallest absolute Gasteiger partial charge is 0.329 e. The van der Waals surface area contributed by atoms with Crippen molar-refractivity contribution >= 4 is 38.0 Å². The van der Waals surface area contributed by atoms with Gasteiger partial charge in [-0.1, -0.05) is 18.2 Å². The van der Waals surface area contributed by atoms with Crippen LogP contribution in [0.5, 0.6) is 0 Å². The number of nitrogens with one attached hydrogen (secondary N) is 1. The van der Waals surface area contributed by atoms with Crippen molar-refractivity contribution in [2.75, 3.05) is 20.6 Å². The zero-order valence-corrected chi connectivity index (χ0v) is 15.5. The van der Waals surface area contributed by atoms with Crippen LogP contribution >= 0.6 is 0 Å². The van der Waals surface area contributed by atoms with Crippen molar-refractivity contribution in [3.05, 3.63) is 73.8 Å². The molecule has 0 fully saturated rings. The van der Waals surface area contributed by atoms with Gasteiger partial charge in [-0.2, -0.15) is 0 Å². The molecule has 0 atom stereocenters. The Bertz CT molecular complexity index is 1560. The standard InChI is InChI=1S/C21H18N4O3/c1-23(2)10-11-24-20(27)14-5-3-4-13-17-15(25(18(13)14)21(24)28)7-6-12-8-9-22-19(26)16(12)17/h3-9H,10-11H2,1-2H3,(H,22,26). The highest BCUT2D eigenvalue weighted by Gasteiger charge is 2.20. The SMILES string of the molecule is CN(C)CCn1c(=O)c2cccc3c4c5c(=O)[nH]ccc5ccc4n(c1=O)c23. The van der Waals surface area contributed by atoms with Crippen LogP contribution in [0.25, 0.3) is 38.0 Å². The number of aromatic amines is 1. The maximum absolute atomic E-state index is 13.3. The van der Waals surface area contributed by atoms with Gasteiger partial charge in [0.25, 0.3) is 11.1 Å². The first kappa shape index (κ1) is 16.7. The Balaban J connectivity index is 2.07. The molecule has 0 aliphatic rings. The molecule has 0 aliphatic carbocycles. The van der Waals surface area contributed by atoms with Gasteiger partial charge in [-0.15, -0.1) is 0 Å². The lowest BCUT2D eigenvalue weighted by molar-refractivity contribution is 0.376. The van der Waals surface area contributed by atoms with Gasteiger partial charge >= 0.3 is 5.69 Å². The number of para-hydroxylation sites is 1. The second kappa shape index (κ2) is 5.77. The third-order valence-electron chi connectivity index (χ3n) is 5.36. The Morgan fingerprint density at radius 1 is 0.964 bits per heavy atom. The molecule has 0 unspecified atom stereocenters. The summed E-state index contributed by atoms with van der Waals surface area (Å²) < 4.78 is 2.85. The third kappa shape index (κ3) is 2.10. The fourth-order valence-corrected chi connectivity index (χ4v) is 4.06. The van der Waals surface area contributed by atoms with Gasteiger partial charge < -0.3 is 9.88 Å². The summed E-state index contributed by atoms with van der Waals surface area (Å²) in [6.45, 7) is 0.874. The summed E-state index contributed by atoms with van der Waals surface area (Å²) in [5.74, 6) is 0. The van der Waals surface area contributed by atoms with Gasteiger partial charge in [0.2, 0.25) is 0 Å². The quantitative estimate of drug-likeness (QED) is 0.520. The molecule has 3 heterocycles. The summed E-state index contributed by atoms with van der Waals surface area (Å²) in [5, 5.41) is 3.24. The molecular weight excluding hydrogens is 356 g/mol. The molecule has 0 aliphatic heterocycles. The first-order valence-electron chi connectivity index (χ1n) is 9.07. The van der Waals surface area contributed by atoms with E-state index in [9.17, 15) is 14.4 Å². The molecule has 140 valence electrons. The van der Waals surface area contributed by atoms with Crippen LogP contribution in [0, 0.1) is 0 Å². The summed E-state index contributed by atoms with van der Waals surface area (Å²) in [4.78, 5) is 43.6. The van der Waals surface area contributed by atoms with Gasteiger partial charge in [0.05, 0.1) is 21.8 Å². The van der Waals surface area contributed by atoms with Crippen molar-refractivity contribution in [2.24, 2.45) is 0 Å². The summed E-state index contributed by atoms with van der Waals surface area (Å²) in [6, 6.07) is 10.9. The van der Waals surface area contributed by atoms with E-state index in [-0.39, 0.29) is 16.8 Å². The van der Waals surface area contributed by atoms with Crippen molar-refractivity contribution in [1.82, 2.24) is 18.9 Å². The predicted octanol–water partition coefficient (Wildman–Crippen LogP) is 1.61. The number of H-pyrrole nitrogens is 1. The minimum Gasteiger partial charge on any atom is -0.329 e. The number of nitrogens with zero attached hydrogens (tertiary/aromatic N) is 3. The third-order valence-corrected chi connectivity index (χ3v) is 5.36. The Kier molecular flexibility index (Phi) is 3.44. The van der Waals surface area contributed by atoms with E-state index in [0.717, 1.165) is 10.8 Å². The maximum Gasteiger partial charge on any atom is 0.336 e. The van der Waals surface area contributed by atoms with Crippen molar-refractivity contribution in [2.45, 2.75) is 6.54 Å². The van der Waals surface area contributed by atoms with Crippen molar-refractivity contribution < 1.29 is 0 Å². The number of pyridine rings is 1. The van der Waals surface area contributed by atoms with E-state index < -0.39 is 0 Å². The molecule has 0 amide bonds. The number of rotatable bonds is 3. The topological polar surface area (TPSA) is 79.6 Å². The van der Waals surface area contributed by atoms with Gasteiger partial charge in [0.15, 0.2) is 0 Å². The average Bonchev–Trinajstić information content (AvgIpc) is 3.01. The number of likely N-dealkylation sites (N-methyl/N-ethyl adjacent to an activating group) is 1. The number of fused-ring (bicyclic) bond motifs is 5. The van der Waals surface area contributed by atoms with Crippen molar-refractivity contribution in [3.8, 4) is 0 Å². The van der Waals surface area contributed by atoms with Gasteiger partial charge in [0, 0.05) is 30.1 Å². The van der Waals surface area contributed by atoms with E-state index in [1.54, 1.807) is 22.7 Å². The van der Waals surface area contributed by atoms with E-state index in [0.29, 0.717) is 40.3 Å². The Morgan fingerprint density at radius 2 is 1.75 bits per heavy atom. The van der Waals surface area contributed by atoms with Crippen LogP contribution in [0.1, 0.15) is 0 Å². The van der Waals surface area contributed by atoms with E-state index in [2.05, 4.69) is 4.98 Å². The summed E-state index contributed by atoms with van der Waals surface area (Å²) >= 11 is 0. The fourth-order valence-electron chi connectivity index (χ4n) is 4.06. The lowest BCUT2D eigenvalue weighted by Gasteiger charge is -2.12. The predicted molar refractivity (Wildman–Crippen MR) is 111 cm³/mol. The second-order valence-corrected chi connectivity index (χ2v) is 7.31. The summed E-state index contributed by atoms with van der Waals surface area (Å²) in [5.41, 5.74) is 0.321. The Labute approximate surface area is 158 Å². The highest BCUT2D eigenvalue weighted by atomic mass is 16.2. The van der Waals surface area contributed by atoms with E-state index in [4.69, 9.17) is 0 Å².